The molecule has 2 N–H and O–H groups in total. The predicted molar refractivity (Wildman–Crippen MR) is 134 cm³/mol. The molecule has 1 amide bonds. The van der Waals surface area contributed by atoms with Crippen molar-refractivity contribution < 1.29 is 23.8 Å². The Morgan fingerprint density at radius 1 is 1.26 bits per heavy atom. The van der Waals surface area contributed by atoms with Crippen molar-refractivity contribution in [3.63, 3.8) is 0 Å². The zero-order valence-corrected chi connectivity index (χ0v) is 20.4. The summed E-state index contributed by atoms with van der Waals surface area (Å²) in [6.07, 6.45) is 3.33. The van der Waals surface area contributed by atoms with Crippen LogP contribution in [0.1, 0.15) is 35.8 Å². The van der Waals surface area contributed by atoms with Crippen molar-refractivity contribution in [2.45, 2.75) is 44.9 Å². The number of amides is 1. The normalized spacial score (nSPS) is 16.3. The van der Waals surface area contributed by atoms with Gasteiger partial charge in [0, 0.05) is 31.7 Å². The molecule has 0 unspecified atom stereocenters. The van der Waals surface area contributed by atoms with Gasteiger partial charge < -0.3 is 29.4 Å². The van der Waals surface area contributed by atoms with E-state index in [0.717, 1.165) is 17.7 Å². The number of pyridine rings is 1. The number of aryl methyl sites for hydroxylation is 2. The molecule has 3 aromatic rings. The third kappa shape index (κ3) is 5.63. The van der Waals surface area contributed by atoms with Crippen LogP contribution in [0.3, 0.4) is 0 Å². The Morgan fingerprint density at radius 3 is 2.74 bits per heavy atom. The second kappa shape index (κ2) is 11.3. The van der Waals surface area contributed by atoms with Gasteiger partial charge >= 0.3 is 5.97 Å². The first-order chi connectivity index (χ1) is 17.0. The van der Waals surface area contributed by atoms with Crippen LogP contribution in [0.2, 0.25) is 0 Å². The van der Waals surface area contributed by atoms with E-state index in [1.807, 2.05) is 47.9 Å². The minimum atomic E-state index is -0.542. The van der Waals surface area contributed by atoms with Crippen molar-refractivity contribution in [3.05, 3.63) is 53.9 Å². The number of fused-ring (bicyclic) bond motifs is 1. The number of methoxy groups -OCH3 is 2. The van der Waals surface area contributed by atoms with Crippen LogP contribution in [0.25, 0.3) is 11.0 Å². The fraction of sp³-hybridized carbons (Fsp3) is 0.423. The summed E-state index contributed by atoms with van der Waals surface area (Å²) in [6.45, 7) is 3.55. The van der Waals surface area contributed by atoms with Crippen LogP contribution in [0.4, 0.5) is 11.4 Å². The van der Waals surface area contributed by atoms with Crippen LogP contribution in [-0.4, -0.2) is 61.0 Å². The van der Waals surface area contributed by atoms with E-state index in [1.54, 1.807) is 13.3 Å². The van der Waals surface area contributed by atoms with Crippen molar-refractivity contribution in [3.8, 4) is 0 Å². The lowest BCUT2D eigenvalue weighted by molar-refractivity contribution is -0.124. The highest BCUT2D eigenvalue weighted by molar-refractivity contribution is 6.12. The van der Waals surface area contributed by atoms with Gasteiger partial charge in [-0.15, -0.1) is 0 Å². The summed E-state index contributed by atoms with van der Waals surface area (Å²) in [6, 6.07) is 11.9. The number of hydrogen-bond donors (Lipinski definition) is 2. The standard InChI is InChI=1S/C26H32N4O5/c1-17(16-33-2)28-19-14-20-22(29-25(31)21-10-7-13-35-21)23(26(32)34-3)30(24(20)27-15-19)12-11-18-8-5-4-6-9-18/h4-6,8-9,14-15,17,21,28H,7,10-13,16H2,1-3H3,(H,29,31)/t17-,21-/m1/s1. The van der Waals surface area contributed by atoms with Crippen molar-refractivity contribution >= 4 is 34.3 Å². The fourth-order valence-corrected chi connectivity index (χ4v) is 4.41. The van der Waals surface area contributed by atoms with E-state index >= 15 is 0 Å². The monoisotopic (exact) mass is 480 g/mol. The first kappa shape index (κ1) is 24.7. The molecule has 1 fully saturated rings. The molecule has 2 aromatic heterocycles. The lowest BCUT2D eigenvalue weighted by atomic mass is 10.1. The maximum Gasteiger partial charge on any atom is 0.356 e. The average molecular weight is 481 g/mol. The van der Waals surface area contributed by atoms with Crippen molar-refractivity contribution in [1.29, 1.82) is 0 Å². The molecule has 0 aliphatic carbocycles. The molecule has 0 radical (unpaired) electrons. The van der Waals surface area contributed by atoms with Crippen LogP contribution in [-0.2, 0) is 32.0 Å². The summed E-state index contributed by atoms with van der Waals surface area (Å²) >= 11 is 0. The summed E-state index contributed by atoms with van der Waals surface area (Å²) in [4.78, 5) is 30.7. The van der Waals surface area contributed by atoms with Crippen LogP contribution in [0.15, 0.2) is 42.6 Å². The van der Waals surface area contributed by atoms with E-state index < -0.39 is 12.1 Å². The minimum absolute atomic E-state index is 0.0458. The molecule has 0 bridgehead atoms. The number of carbonyl (C=O) groups excluding carboxylic acids is 2. The highest BCUT2D eigenvalue weighted by atomic mass is 16.5. The number of carbonyl (C=O) groups is 2. The lowest BCUT2D eigenvalue weighted by Gasteiger charge is -2.14. The van der Waals surface area contributed by atoms with Crippen LogP contribution < -0.4 is 10.6 Å². The number of rotatable bonds is 10. The summed E-state index contributed by atoms with van der Waals surface area (Å²) in [5.41, 5.74) is 3.12. The van der Waals surface area contributed by atoms with Gasteiger partial charge in [0.1, 0.15) is 11.8 Å². The number of aromatic nitrogens is 2. The average Bonchev–Trinajstić information content (AvgIpc) is 3.50. The van der Waals surface area contributed by atoms with E-state index in [1.165, 1.54) is 7.11 Å². The number of nitrogens with zero attached hydrogens (tertiary/aromatic N) is 2. The number of nitrogens with one attached hydrogen (secondary N) is 2. The van der Waals surface area contributed by atoms with Crippen molar-refractivity contribution in [2.75, 3.05) is 38.1 Å². The van der Waals surface area contributed by atoms with E-state index in [-0.39, 0.29) is 17.6 Å². The molecule has 1 aliphatic rings. The van der Waals surface area contributed by atoms with E-state index in [0.29, 0.717) is 49.3 Å². The Bertz CT molecular complexity index is 1170. The molecule has 35 heavy (non-hydrogen) atoms. The summed E-state index contributed by atoms with van der Waals surface area (Å²) < 4.78 is 17.7. The van der Waals surface area contributed by atoms with Gasteiger partial charge in [-0.3, -0.25) is 4.79 Å². The number of ether oxygens (including phenoxy) is 3. The Kier molecular flexibility index (Phi) is 7.99. The molecule has 9 nitrogen and oxygen atoms in total. The van der Waals surface area contributed by atoms with E-state index in [9.17, 15) is 9.59 Å². The zero-order valence-electron chi connectivity index (χ0n) is 20.4. The summed E-state index contributed by atoms with van der Waals surface area (Å²) in [5, 5.41) is 6.96. The third-order valence-corrected chi connectivity index (χ3v) is 6.04. The molecule has 9 heteroatoms. The van der Waals surface area contributed by atoms with Crippen molar-refractivity contribution in [2.24, 2.45) is 0 Å². The fourth-order valence-electron chi connectivity index (χ4n) is 4.41. The summed E-state index contributed by atoms with van der Waals surface area (Å²) in [7, 11) is 2.98. The molecular formula is C26H32N4O5. The number of esters is 1. The quantitative estimate of drug-likeness (QED) is 0.427. The molecule has 3 heterocycles. The van der Waals surface area contributed by atoms with Crippen molar-refractivity contribution in [1.82, 2.24) is 9.55 Å². The predicted octanol–water partition coefficient (Wildman–Crippen LogP) is 3.63. The molecule has 1 saturated heterocycles. The molecule has 186 valence electrons. The van der Waals surface area contributed by atoms with Gasteiger partial charge in [0.15, 0.2) is 5.69 Å². The van der Waals surface area contributed by atoms with Gasteiger partial charge in [0.05, 0.1) is 31.3 Å². The molecule has 2 atom stereocenters. The molecular weight excluding hydrogens is 448 g/mol. The lowest BCUT2D eigenvalue weighted by Crippen LogP contribution is -2.28. The van der Waals surface area contributed by atoms with Gasteiger partial charge in [0.2, 0.25) is 0 Å². The van der Waals surface area contributed by atoms with E-state index in [4.69, 9.17) is 14.2 Å². The second-order valence-electron chi connectivity index (χ2n) is 8.69. The SMILES string of the molecule is COC[C@@H](C)Nc1cnc2c(c1)c(NC(=O)[C@H]1CCCO1)c(C(=O)OC)n2CCc1ccccc1. The van der Waals surface area contributed by atoms with E-state index in [2.05, 4.69) is 15.6 Å². The Balaban J connectivity index is 1.78. The van der Waals surface area contributed by atoms with Crippen LogP contribution in [0.5, 0.6) is 0 Å². The number of anilines is 2. The Labute approximate surface area is 204 Å². The molecule has 1 aromatic carbocycles. The molecule has 0 spiro atoms. The van der Waals surface area contributed by atoms with Crippen LogP contribution >= 0.6 is 0 Å². The smallest absolute Gasteiger partial charge is 0.356 e. The summed E-state index contributed by atoms with van der Waals surface area (Å²) in [5.74, 6) is -0.818. The third-order valence-electron chi connectivity index (χ3n) is 6.04. The topological polar surface area (TPSA) is 104 Å². The highest BCUT2D eigenvalue weighted by Gasteiger charge is 2.30. The molecule has 4 rings (SSSR count). The molecule has 1 aliphatic heterocycles. The van der Waals surface area contributed by atoms with Gasteiger partial charge in [0.25, 0.3) is 5.91 Å². The number of benzene rings is 1. The Morgan fingerprint density at radius 2 is 2.06 bits per heavy atom. The second-order valence-corrected chi connectivity index (χ2v) is 8.69. The Hall–Kier alpha value is -3.43. The van der Waals surface area contributed by atoms with Gasteiger partial charge in [-0.05, 0) is 37.8 Å². The van der Waals surface area contributed by atoms with Gasteiger partial charge in [-0.1, -0.05) is 30.3 Å². The maximum absolute atomic E-state index is 13.0. The number of hydrogen-bond acceptors (Lipinski definition) is 7. The minimum Gasteiger partial charge on any atom is -0.464 e. The van der Waals surface area contributed by atoms with Gasteiger partial charge in [-0.2, -0.15) is 0 Å². The van der Waals surface area contributed by atoms with Gasteiger partial charge in [-0.25, -0.2) is 9.78 Å². The molecule has 0 saturated carbocycles. The van der Waals surface area contributed by atoms with Crippen LogP contribution in [0, 0.1) is 0 Å². The highest BCUT2D eigenvalue weighted by Crippen LogP contribution is 2.33. The first-order valence-electron chi connectivity index (χ1n) is 11.8. The largest absolute Gasteiger partial charge is 0.464 e. The zero-order chi connectivity index (χ0) is 24.8. The first-order valence-corrected chi connectivity index (χ1v) is 11.8. The maximum atomic E-state index is 13.0.